The Morgan fingerprint density at radius 3 is 2.31 bits per heavy atom. The first kappa shape index (κ1) is 28.7. The highest BCUT2D eigenvalue weighted by atomic mass is 19.4. The Bertz CT molecular complexity index is 1290. The molecule has 4 saturated heterocycles. The van der Waals surface area contributed by atoms with Gasteiger partial charge in [0.05, 0.1) is 5.56 Å². The van der Waals surface area contributed by atoms with Gasteiger partial charge in [-0.3, -0.25) is 9.69 Å². The molecule has 2 unspecified atom stereocenters. The number of hydrogen-bond donors (Lipinski definition) is 1. The number of carbonyl (C=O) groups is 1. The third-order valence-corrected chi connectivity index (χ3v) is 9.31. The molecule has 1 N–H and O–H groups in total. The van der Waals surface area contributed by atoms with Crippen LogP contribution < -0.4 is 15.0 Å². The molecule has 5 heterocycles. The van der Waals surface area contributed by atoms with Gasteiger partial charge in [-0.25, -0.2) is 0 Å². The van der Waals surface area contributed by atoms with E-state index in [-0.39, 0.29) is 29.8 Å². The molecule has 0 radical (unpaired) electrons. The molecule has 42 heavy (non-hydrogen) atoms. The Labute approximate surface area is 244 Å². The number of ether oxygens (including phenoxy) is 1. The lowest BCUT2D eigenvalue weighted by Crippen LogP contribution is -2.49. The van der Waals surface area contributed by atoms with E-state index in [1.165, 1.54) is 25.6 Å². The number of hydrogen-bond acceptors (Lipinski definition) is 6. The Morgan fingerprint density at radius 2 is 1.69 bits per heavy atom. The number of anilines is 1. The average Bonchev–Trinajstić information content (AvgIpc) is 3.27. The van der Waals surface area contributed by atoms with Crippen molar-refractivity contribution in [2.45, 2.75) is 62.9 Å². The van der Waals surface area contributed by atoms with Crippen molar-refractivity contribution >= 4 is 17.4 Å². The highest BCUT2D eigenvalue weighted by Gasteiger charge is 2.44. The molecule has 6 rings (SSSR count). The Balaban J connectivity index is 1.03. The summed E-state index contributed by atoms with van der Waals surface area (Å²) in [5.74, 6) is 0.116. The molecule has 2 atom stereocenters. The van der Waals surface area contributed by atoms with E-state index < -0.39 is 17.6 Å². The second-order valence-electron chi connectivity index (χ2n) is 12.0. The van der Waals surface area contributed by atoms with Gasteiger partial charge in [0.1, 0.15) is 6.10 Å². The largest absolute Gasteiger partial charge is 0.486 e. The summed E-state index contributed by atoms with van der Waals surface area (Å²) < 4.78 is 46.0. The van der Waals surface area contributed by atoms with Gasteiger partial charge < -0.3 is 24.7 Å². The minimum absolute atomic E-state index is 0.00149. The number of halogens is 3. The standard InChI is InChI=1S/C31H37F3N6O2/c1-35-29-28(31(32,33)34)18-27(19-37-29)42-26-16-24-6-7-25(17-26)40(24)30(41)22-2-4-23(5-3-22)39-14-12-38(13-15-39)20-21-8-10-36-11-9-21/h2-5,18-19,21,24-26,36H,6-17,20H2. The topological polar surface area (TPSA) is 65.3 Å². The van der Waals surface area contributed by atoms with Crippen LogP contribution in [-0.4, -0.2) is 84.7 Å². The second-order valence-corrected chi connectivity index (χ2v) is 12.0. The van der Waals surface area contributed by atoms with Crippen LogP contribution in [0.2, 0.25) is 0 Å². The van der Waals surface area contributed by atoms with Crippen molar-refractivity contribution in [3.63, 3.8) is 0 Å². The summed E-state index contributed by atoms with van der Waals surface area (Å²) >= 11 is 0. The number of nitrogens with zero attached hydrogens (tertiary/aromatic N) is 5. The van der Waals surface area contributed by atoms with Crippen LogP contribution in [0.25, 0.3) is 4.85 Å². The van der Waals surface area contributed by atoms with E-state index in [4.69, 9.17) is 11.3 Å². The number of amides is 1. The average molecular weight is 583 g/mol. The summed E-state index contributed by atoms with van der Waals surface area (Å²) in [6.07, 6.45) is 1.50. The van der Waals surface area contributed by atoms with Gasteiger partial charge in [-0.2, -0.15) is 13.2 Å². The van der Waals surface area contributed by atoms with Gasteiger partial charge in [0.2, 0.25) is 0 Å². The van der Waals surface area contributed by atoms with Crippen LogP contribution in [0.15, 0.2) is 36.5 Å². The molecule has 1 aromatic carbocycles. The third kappa shape index (κ3) is 6.20. The lowest BCUT2D eigenvalue weighted by molar-refractivity contribution is -0.137. The maximum atomic E-state index is 13.6. The quantitative estimate of drug-likeness (QED) is 0.485. The van der Waals surface area contributed by atoms with Crippen molar-refractivity contribution < 1.29 is 22.7 Å². The summed E-state index contributed by atoms with van der Waals surface area (Å²) in [6.45, 7) is 14.5. The molecule has 1 amide bonds. The maximum Gasteiger partial charge on any atom is 0.409 e. The Morgan fingerprint density at radius 1 is 1.02 bits per heavy atom. The molecule has 11 heteroatoms. The van der Waals surface area contributed by atoms with E-state index in [0.29, 0.717) is 18.4 Å². The van der Waals surface area contributed by atoms with Crippen LogP contribution in [-0.2, 0) is 6.18 Å². The van der Waals surface area contributed by atoms with Gasteiger partial charge in [0.25, 0.3) is 11.7 Å². The number of piperazine rings is 1. The molecule has 2 aromatic rings. The molecule has 2 bridgehead atoms. The number of fused-ring (bicyclic) bond motifs is 2. The van der Waals surface area contributed by atoms with Crippen LogP contribution in [0.5, 0.6) is 5.75 Å². The van der Waals surface area contributed by atoms with E-state index in [0.717, 1.165) is 69.8 Å². The molecule has 0 spiro atoms. The van der Waals surface area contributed by atoms with Crippen LogP contribution in [0.3, 0.4) is 0 Å². The molecule has 1 aromatic heterocycles. The van der Waals surface area contributed by atoms with Gasteiger partial charge in [-0.05, 0) is 75.0 Å². The molecule has 8 nitrogen and oxygen atoms in total. The first-order chi connectivity index (χ1) is 20.3. The summed E-state index contributed by atoms with van der Waals surface area (Å²) in [5, 5.41) is 3.44. The van der Waals surface area contributed by atoms with E-state index >= 15 is 0 Å². The molecule has 224 valence electrons. The molecule has 0 saturated carbocycles. The minimum atomic E-state index is -4.68. The third-order valence-electron chi connectivity index (χ3n) is 9.31. The van der Waals surface area contributed by atoms with Crippen LogP contribution in [0.1, 0.15) is 54.4 Å². The number of aromatic nitrogens is 1. The highest BCUT2D eigenvalue weighted by molar-refractivity contribution is 5.95. The van der Waals surface area contributed by atoms with Crippen molar-refractivity contribution in [3.8, 4) is 5.75 Å². The van der Waals surface area contributed by atoms with Crippen molar-refractivity contribution in [1.82, 2.24) is 20.1 Å². The number of benzene rings is 1. The Hall–Kier alpha value is -3.36. The van der Waals surface area contributed by atoms with E-state index in [2.05, 4.69) is 24.9 Å². The van der Waals surface area contributed by atoms with Crippen molar-refractivity contribution in [2.24, 2.45) is 5.92 Å². The fourth-order valence-corrected chi connectivity index (χ4v) is 7.13. The number of pyridine rings is 1. The predicted molar refractivity (Wildman–Crippen MR) is 153 cm³/mol. The zero-order valence-electron chi connectivity index (χ0n) is 23.7. The summed E-state index contributed by atoms with van der Waals surface area (Å²) in [6, 6.07) is 8.75. The lowest BCUT2D eigenvalue weighted by atomic mass is 9.97. The van der Waals surface area contributed by atoms with Crippen molar-refractivity contribution in [3.05, 3.63) is 59.1 Å². The monoisotopic (exact) mass is 582 g/mol. The van der Waals surface area contributed by atoms with E-state index in [1.807, 2.05) is 29.2 Å². The number of piperidine rings is 2. The number of alkyl halides is 3. The minimum Gasteiger partial charge on any atom is -0.486 e. The fraction of sp³-hybridized carbons (Fsp3) is 0.581. The van der Waals surface area contributed by atoms with Crippen molar-refractivity contribution in [1.29, 1.82) is 0 Å². The van der Waals surface area contributed by atoms with Gasteiger partial charge in [-0.15, -0.1) is 4.98 Å². The molecule has 4 aliphatic rings. The zero-order valence-corrected chi connectivity index (χ0v) is 23.7. The summed E-state index contributed by atoms with van der Waals surface area (Å²) in [4.78, 5) is 27.0. The molecule has 0 aliphatic carbocycles. The number of carbonyl (C=O) groups excluding carboxylic acids is 1. The molecular weight excluding hydrogens is 545 g/mol. The van der Waals surface area contributed by atoms with Crippen molar-refractivity contribution in [2.75, 3.05) is 50.7 Å². The maximum absolute atomic E-state index is 13.6. The predicted octanol–water partition coefficient (Wildman–Crippen LogP) is 4.99. The summed E-state index contributed by atoms with van der Waals surface area (Å²) in [5.41, 5.74) is 0.709. The zero-order chi connectivity index (χ0) is 29.3. The molecule has 4 aliphatic heterocycles. The summed E-state index contributed by atoms with van der Waals surface area (Å²) in [7, 11) is 0. The van der Waals surface area contributed by atoms with Crippen LogP contribution in [0.4, 0.5) is 24.7 Å². The van der Waals surface area contributed by atoms with Gasteiger partial charge in [0, 0.05) is 68.9 Å². The SMILES string of the molecule is [C-]#[N+]c1ncc(OC2CC3CCC(C2)N3C(=O)c2ccc(N3CCN(CC4CCNCC4)CC3)cc2)cc1C(F)(F)F. The normalized spacial score (nSPS) is 25.3. The highest BCUT2D eigenvalue weighted by Crippen LogP contribution is 2.40. The molecule has 4 fully saturated rings. The molecular formula is C31H37F3N6O2. The van der Waals surface area contributed by atoms with Crippen LogP contribution in [0, 0.1) is 12.5 Å². The number of rotatable bonds is 6. The van der Waals surface area contributed by atoms with Gasteiger partial charge in [-0.1, -0.05) is 6.57 Å². The van der Waals surface area contributed by atoms with E-state index in [9.17, 15) is 18.0 Å². The Kier molecular flexibility index (Phi) is 8.28. The first-order valence-electron chi connectivity index (χ1n) is 15.0. The first-order valence-corrected chi connectivity index (χ1v) is 15.0. The van der Waals surface area contributed by atoms with Gasteiger partial charge in [0.15, 0.2) is 11.9 Å². The lowest BCUT2D eigenvalue weighted by Gasteiger charge is -2.39. The van der Waals surface area contributed by atoms with Gasteiger partial charge >= 0.3 is 6.18 Å². The van der Waals surface area contributed by atoms with Crippen LogP contribution >= 0.6 is 0 Å². The van der Waals surface area contributed by atoms with E-state index in [1.54, 1.807) is 0 Å². The fourth-order valence-electron chi connectivity index (χ4n) is 7.13. The smallest absolute Gasteiger partial charge is 0.409 e. The number of nitrogens with one attached hydrogen (secondary N) is 1. The second kappa shape index (κ2) is 12.1.